The van der Waals surface area contributed by atoms with Gasteiger partial charge in [0.1, 0.15) is 0 Å². The van der Waals surface area contributed by atoms with Crippen LogP contribution in [0.1, 0.15) is 52.4 Å². The summed E-state index contributed by atoms with van der Waals surface area (Å²) in [7, 11) is 0. The molecular weight excluding hydrogens is 180 g/mol. The van der Waals surface area contributed by atoms with E-state index in [1.165, 1.54) is 0 Å². The topological polar surface area (TPSA) is 57.5 Å². The number of aliphatic hydroxyl groups excluding tert-OH is 1. The minimum atomic E-state index is -0.707. The smallest absolute Gasteiger partial charge is 0.309 e. The zero-order valence-corrected chi connectivity index (χ0v) is 9.25. The number of aliphatic carboxylic acids is 1. The lowest BCUT2D eigenvalue weighted by atomic mass is 9.76. The standard InChI is InChI=1S/C11H22O3/c1-3-5-7-11(4-2,10(13)14)8-6-9-12/h12H,3-9H2,1-2H3,(H,13,14). The van der Waals surface area contributed by atoms with Crippen LogP contribution in [0.5, 0.6) is 0 Å². The summed E-state index contributed by atoms with van der Waals surface area (Å²) in [5.74, 6) is -0.707. The molecule has 0 amide bonds. The number of hydrogen-bond acceptors (Lipinski definition) is 2. The molecule has 0 aromatic heterocycles. The number of carboxylic acid groups (broad SMARTS) is 1. The van der Waals surface area contributed by atoms with Gasteiger partial charge in [-0.25, -0.2) is 0 Å². The SMILES string of the molecule is CCCCC(CC)(CCCO)C(=O)O. The molecule has 0 aromatic carbocycles. The molecule has 0 spiro atoms. The average molecular weight is 202 g/mol. The fraction of sp³-hybridized carbons (Fsp3) is 0.909. The van der Waals surface area contributed by atoms with Crippen LogP contribution in [0.25, 0.3) is 0 Å². The van der Waals surface area contributed by atoms with E-state index in [1.807, 2.05) is 6.92 Å². The fourth-order valence-electron chi connectivity index (χ4n) is 1.78. The average Bonchev–Trinajstić information content (AvgIpc) is 2.18. The van der Waals surface area contributed by atoms with Crippen molar-refractivity contribution in [2.24, 2.45) is 5.41 Å². The first kappa shape index (κ1) is 13.4. The minimum absolute atomic E-state index is 0.0845. The van der Waals surface area contributed by atoms with Crippen molar-refractivity contribution in [3.05, 3.63) is 0 Å². The number of hydrogen-bond donors (Lipinski definition) is 2. The molecule has 0 aliphatic rings. The molecule has 1 unspecified atom stereocenters. The van der Waals surface area contributed by atoms with Gasteiger partial charge in [0.25, 0.3) is 0 Å². The quantitative estimate of drug-likeness (QED) is 0.635. The van der Waals surface area contributed by atoms with Crippen molar-refractivity contribution < 1.29 is 15.0 Å². The summed E-state index contributed by atoms with van der Waals surface area (Å²) < 4.78 is 0. The van der Waals surface area contributed by atoms with Crippen LogP contribution in [0.2, 0.25) is 0 Å². The Labute approximate surface area is 86.1 Å². The van der Waals surface area contributed by atoms with Gasteiger partial charge < -0.3 is 10.2 Å². The van der Waals surface area contributed by atoms with E-state index in [4.69, 9.17) is 5.11 Å². The molecule has 14 heavy (non-hydrogen) atoms. The van der Waals surface area contributed by atoms with Gasteiger partial charge in [-0.15, -0.1) is 0 Å². The molecule has 0 aromatic rings. The third-order valence-corrected chi connectivity index (χ3v) is 2.95. The van der Waals surface area contributed by atoms with Crippen molar-refractivity contribution in [1.82, 2.24) is 0 Å². The molecule has 0 rings (SSSR count). The van der Waals surface area contributed by atoms with Gasteiger partial charge in [-0.3, -0.25) is 4.79 Å². The number of carbonyl (C=O) groups is 1. The van der Waals surface area contributed by atoms with Gasteiger partial charge in [0.2, 0.25) is 0 Å². The predicted molar refractivity (Wildman–Crippen MR) is 56.2 cm³/mol. The van der Waals surface area contributed by atoms with E-state index in [9.17, 15) is 9.90 Å². The van der Waals surface area contributed by atoms with Crippen LogP contribution in [-0.4, -0.2) is 22.8 Å². The number of unbranched alkanes of at least 4 members (excludes halogenated alkanes) is 1. The van der Waals surface area contributed by atoms with Crippen LogP contribution in [0.15, 0.2) is 0 Å². The van der Waals surface area contributed by atoms with Crippen molar-refractivity contribution >= 4 is 5.97 Å². The normalized spacial score (nSPS) is 15.1. The van der Waals surface area contributed by atoms with Gasteiger partial charge in [0, 0.05) is 6.61 Å². The van der Waals surface area contributed by atoms with E-state index < -0.39 is 11.4 Å². The van der Waals surface area contributed by atoms with Crippen LogP contribution in [0, 0.1) is 5.41 Å². The van der Waals surface area contributed by atoms with Gasteiger partial charge in [-0.2, -0.15) is 0 Å². The summed E-state index contributed by atoms with van der Waals surface area (Å²) in [5.41, 5.74) is -0.598. The van der Waals surface area contributed by atoms with Crippen molar-refractivity contribution in [1.29, 1.82) is 0 Å². The van der Waals surface area contributed by atoms with Crippen LogP contribution >= 0.6 is 0 Å². The Hall–Kier alpha value is -0.570. The molecule has 0 bridgehead atoms. The third-order valence-electron chi connectivity index (χ3n) is 2.95. The van der Waals surface area contributed by atoms with Gasteiger partial charge in [0.15, 0.2) is 0 Å². The van der Waals surface area contributed by atoms with Crippen molar-refractivity contribution in [2.45, 2.75) is 52.4 Å². The van der Waals surface area contributed by atoms with Gasteiger partial charge in [-0.1, -0.05) is 26.7 Å². The Kier molecular flexibility index (Phi) is 6.54. The Morgan fingerprint density at radius 1 is 1.21 bits per heavy atom. The maximum Gasteiger partial charge on any atom is 0.309 e. The number of aliphatic hydroxyl groups is 1. The number of rotatable bonds is 8. The van der Waals surface area contributed by atoms with E-state index in [0.29, 0.717) is 19.3 Å². The summed E-state index contributed by atoms with van der Waals surface area (Å²) in [6.07, 6.45) is 4.54. The summed E-state index contributed by atoms with van der Waals surface area (Å²) in [6, 6.07) is 0. The maximum atomic E-state index is 11.2. The third kappa shape index (κ3) is 3.66. The molecule has 0 saturated heterocycles. The highest BCUT2D eigenvalue weighted by Gasteiger charge is 2.34. The molecule has 1 atom stereocenters. The van der Waals surface area contributed by atoms with E-state index in [-0.39, 0.29) is 6.61 Å². The summed E-state index contributed by atoms with van der Waals surface area (Å²) in [4.78, 5) is 11.2. The molecule has 0 aliphatic carbocycles. The molecule has 3 heteroatoms. The molecule has 2 N–H and O–H groups in total. The van der Waals surface area contributed by atoms with Crippen molar-refractivity contribution in [3.8, 4) is 0 Å². The fourth-order valence-corrected chi connectivity index (χ4v) is 1.78. The van der Waals surface area contributed by atoms with E-state index in [0.717, 1.165) is 19.3 Å². The highest BCUT2D eigenvalue weighted by Crippen LogP contribution is 2.34. The second kappa shape index (κ2) is 6.82. The Morgan fingerprint density at radius 2 is 1.79 bits per heavy atom. The van der Waals surface area contributed by atoms with Gasteiger partial charge in [-0.05, 0) is 25.7 Å². The molecule has 0 aliphatic heterocycles. The molecule has 3 nitrogen and oxygen atoms in total. The second-order valence-electron chi connectivity index (χ2n) is 3.87. The van der Waals surface area contributed by atoms with Crippen LogP contribution < -0.4 is 0 Å². The molecular formula is C11H22O3. The van der Waals surface area contributed by atoms with Gasteiger partial charge in [0.05, 0.1) is 5.41 Å². The van der Waals surface area contributed by atoms with E-state index in [2.05, 4.69) is 6.92 Å². The highest BCUT2D eigenvalue weighted by molar-refractivity contribution is 5.74. The molecule has 0 heterocycles. The molecule has 84 valence electrons. The lowest BCUT2D eigenvalue weighted by molar-refractivity contribution is -0.150. The van der Waals surface area contributed by atoms with Crippen LogP contribution in [-0.2, 0) is 4.79 Å². The zero-order valence-electron chi connectivity index (χ0n) is 9.25. The first-order chi connectivity index (χ1) is 6.63. The van der Waals surface area contributed by atoms with E-state index in [1.54, 1.807) is 0 Å². The Bertz CT molecular complexity index is 158. The van der Waals surface area contributed by atoms with Crippen LogP contribution in [0.4, 0.5) is 0 Å². The lowest BCUT2D eigenvalue weighted by Crippen LogP contribution is -2.30. The summed E-state index contributed by atoms with van der Waals surface area (Å²) in [5, 5.41) is 17.9. The predicted octanol–water partition coefficient (Wildman–Crippen LogP) is 2.43. The summed E-state index contributed by atoms with van der Waals surface area (Å²) >= 11 is 0. The minimum Gasteiger partial charge on any atom is -0.481 e. The Morgan fingerprint density at radius 3 is 2.14 bits per heavy atom. The van der Waals surface area contributed by atoms with Crippen molar-refractivity contribution in [3.63, 3.8) is 0 Å². The Balaban J connectivity index is 4.35. The van der Waals surface area contributed by atoms with Gasteiger partial charge >= 0.3 is 5.97 Å². The highest BCUT2D eigenvalue weighted by atomic mass is 16.4. The second-order valence-corrected chi connectivity index (χ2v) is 3.87. The first-order valence-corrected chi connectivity index (χ1v) is 5.47. The van der Waals surface area contributed by atoms with E-state index >= 15 is 0 Å². The largest absolute Gasteiger partial charge is 0.481 e. The monoisotopic (exact) mass is 202 g/mol. The molecule has 0 saturated carbocycles. The van der Waals surface area contributed by atoms with Crippen LogP contribution in [0.3, 0.4) is 0 Å². The zero-order chi connectivity index (χ0) is 11.0. The lowest BCUT2D eigenvalue weighted by Gasteiger charge is -2.27. The molecule has 0 fully saturated rings. The first-order valence-electron chi connectivity index (χ1n) is 5.47. The summed E-state index contributed by atoms with van der Waals surface area (Å²) in [6.45, 7) is 4.07. The molecule has 0 radical (unpaired) electrons. The van der Waals surface area contributed by atoms with Crippen molar-refractivity contribution in [2.75, 3.05) is 6.61 Å². The maximum absolute atomic E-state index is 11.2. The number of carboxylic acids is 1.